The lowest BCUT2D eigenvalue weighted by molar-refractivity contribution is -0.119. The van der Waals surface area contributed by atoms with Gasteiger partial charge < -0.3 is 15.8 Å². The predicted octanol–water partition coefficient (Wildman–Crippen LogP) is 2.78. The number of hydrogen-bond donors (Lipinski definition) is 2. The first-order valence-electron chi connectivity index (χ1n) is 6.86. The Morgan fingerprint density at radius 1 is 1.14 bits per heavy atom. The molecule has 0 fully saturated rings. The highest BCUT2D eigenvalue weighted by atomic mass is 16.5. The van der Waals surface area contributed by atoms with E-state index in [9.17, 15) is 4.79 Å². The predicted molar refractivity (Wildman–Crippen MR) is 84.4 cm³/mol. The van der Waals surface area contributed by atoms with Crippen LogP contribution < -0.4 is 15.8 Å². The summed E-state index contributed by atoms with van der Waals surface area (Å²) in [7, 11) is 0. The van der Waals surface area contributed by atoms with Gasteiger partial charge in [-0.1, -0.05) is 18.2 Å². The molecule has 3 N–H and O–H groups in total. The largest absolute Gasteiger partial charge is 0.484 e. The molecule has 0 spiro atoms. The Morgan fingerprint density at radius 3 is 2.52 bits per heavy atom. The maximum absolute atomic E-state index is 10.6. The molecule has 1 amide bonds. The average Bonchev–Trinajstić information content (AvgIpc) is 2.48. The van der Waals surface area contributed by atoms with Crippen LogP contribution in [0.25, 0.3) is 0 Å². The molecule has 2 rings (SSSR count). The van der Waals surface area contributed by atoms with Crippen LogP contribution >= 0.6 is 0 Å². The Labute approximate surface area is 124 Å². The summed E-state index contributed by atoms with van der Waals surface area (Å²) in [5, 5.41) is 3.37. The summed E-state index contributed by atoms with van der Waals surface area (Å²) in [5.74, 6) is 0.151. The van der Waals surface area contributed by atoms with E-state index in [-0.39, 0.29) is 6.61 Å². The van der Waals surface area contributed by atoms with E-state index in [2.05, 4.69) is 37.4 Å². The highest BCUT2D eigenvalue weighted by Crippen LogP contribution is 2.18. The minimum atomic E-state index is -0.480. The van der Waals surface area contributed by atoms with Gasteiger partial charge in [0.2, 0.25) is 0 Å². The fraction of sp³-hybridized carbons (Fsp3) is 0.235. The van der Waals surface area contributed by atoms with Crippen molar-refractivity contribution in [1.29, 1.82) is 0 Å². The Hall–Kier alpha value is -2.49. The van der Waals surface area contributed by atoms with Gasteiger partial charge in [0, 0.05) is 12.2 Å². The number of rotatable bonds is 6. The molecule has 0 aliphatic carbocycles. The van der Waals surface area contributed by atoms with Gasteiger partial charge in [-0.05, 0) is 54.8 Å². The Kier molecular flexibility index (Phi) is 4.82. The quantitative estimate of drug-likeness (QED) is 0.857. The summed E-state index contributed by atoms with van der Waals surface area (Å²) in [4.78, 5) is 10.6. The Balaban J connectivity index is 1.94. The Bertz CT molecular complexity index is 621. The normalized spacial score (nSPS) is 10.2. The maximum atomic E-state index is 10.6. The lowest BCUT2D eigenvalue weighted by atomic mass is 10.0. The molecule has 0 saturated carbocycles. The molecule has 0 unspecified atom stereocenters. The van der Waals surface area contributed by atoms with Crippen LogP contribution in [0.15, 0.2) is 42.5 Å². The van der Waals surface area contributed by atoms with Crippen molar-refractivity contribution in [3.63, 3.8) is 0 Å². The van der Waals surface area contributed by atoms with Crippen molar-refractivity contribution in [3.05, 3.63) is 59.2 Å². The number of nitrogens with one attached hydrogen (secondary N) is 1. The second-order valence-electron chi connectivity index (χ2n) is 4.99. The SMILES string of the molecule is Cc1cccc(CNc2ccc(OCC(N)=O)cc2)c1C. The number of carbonyl (C=O) groups excluding carboxylic acids is 1. The molecule has 4 nitrogen and oxygen atoms in total. The van der Waals surface area contributed by atoms with E-state index < -0.39 is 5.91 Å². The number of amides is 1. The van der Waals surface area contributed by atoms with E-state index in [4.69, 9.17) is 10.5 Å². The molecule has 0 aliphatic rings. The average molecular weight is 284 g/mol. The first-order valence-corrected chi connectivity index (χ1v) is 6.86. The van der Waals surface area contributed by atoms with Crippen molar-refractivity contribution in [3.8, 4) is 5.75 Å². The van der Waals surface area contributed by atoms with Crippen LogP contribution in [-0.2, 0) is 11.3 Å². The van der Waals surface area contributed by atoms with Crippen LogP contribution in [0.4, 0.5) is 5.69 Å². The maximum Gasteiger partial charge on any atom is 0.255 e. The minimum Gasteiger partial charge on any atom is -0.484 e. The minimum absolute atomic E-state index is 0.102. The number of primary amides is 1. The summed E-state index contributed by atoms with van der Waals surface area (Å²) in [6.07, 6.45) is 0. The fourth-order valence-corrected chi connectivity index (χ4v) is 2.02. The van der Waals surface area contributed by atoms with E-state index >= 15 is 0 Å². The standard InChI is InChI=1S/C17H20N2O2/c1-12-4-3-5-14(13(12)2)10-19-15-6-8-16(9-7-15)21-11-17(18)20/h3-9,19H,10-11H2,1-2H3,(H2,18,20). The van der Waals surface area contributed by atoms with Crippen molar-refractivity contribution >= 4 is 11.6 Å². The van der Waals surface area contributed by atoms with Crippen molar-refractivity contribution in [2.75, 3.05) is 11.9 Å². The zero-order valence-electron chi connectivity index (χ0n) is 12.3. The van der Waals surface area contributed by atoms with Crippen LogP contribution in [-0.4, -0.2) is 12.5 Å². The number of anilines is 1. The van der Waals surface area contributed by atoms with Crippen molar-refractivity contribution in [2.24, 2.45) is 5.73 Å². The first-order chi connectivity index (χ1) is 10.1. The van der Waals surface area contributed by atoms with Gasteiger partial charge >= 0.3 is 0 Å². The van der Waals surface area contributed by atoms with Gasteiger partial charge in [-0.2, -0.15) is 0 Å². The van der Waals surface area contributed by atoms with Crippen molar-refractivity contribution in [1.82, 2.24) is 0 Å². The number of ether oxygens (including phenoxy) is 1. The number of hydrogen-bond acceptors (Lipinski definition) is 3. The zero-order chi connectivity index (χ0) is 15.2. The second-order valence-corrected chi connectivity index (χ2v) is 4.99. The van der Waals surface area contributed by atoms with E-state index in [1.807, 2.05) is 24.3 Å². The molecule has 2 aromatic carbocycles. The van der Waals surface area contributed by atoms with E-state index in [1.165, 1.54) is 16.7 Å². The summed E-state index contributed by atoms with van der Waals surface area (Å²) >= 11 is 0. The topological polar surface area (TPSA) is 64.3 Å². The van der Waals surface area contributed by atoms with Crippen LogP contribution in [0.5, 0.6) is 5.75 Å². The van der Waals surface area contributed by atoms with Gasteiger partial charge in [0.05, 0.1) is 0 Å². The summed E-state index contributed by atoms with van der Waals surface area (Å²) in [5.41, 5.74) is 9.92. The van der Waals surface area contributed by atoms with Crippen LogP contribution in [0.1, 0.15) is 16.7 Å². The van der Waals surface area contributed by atoms with Crippen molar-refractivity contribution < 1.29 is 9.53 Å². The Morgan fingerprint density at radius 2 is 1.86 bits per heavy atom. The van der Waals surface area contributed by atoms with Gasteiger partial charge in [0.1, 0.15) is 5.75 Å². The number of nitrogens with two attached hydrogens (primary N) is 1. The fourth-order valence-electron chi connectivity index (χ4n) is 2.02. The van der Waals surface area contributed by atoms with Gasteiger partial charge in [-0.3, -0.25) is 4.79 Å². The molecule has 0 radical (unpaired) electrons. The van der Waals surface area contributed by atoms with E-state index in [0.29, 0.717) is 5.75 Å². The molecule has 21 heavy (non-hydrogen) atoms. The zero-order valence-corrected chi connectivity index (χ0v) is 12.3. The lowest BCUT2D eigenvalue weighted by Crippen LogP contribution is -2.19. The molecule has 2 aromatic rings. The van der Waals surface area contributed by atoms with Crippen molar-refractivity contribution in [2.45, 2.75) is 20.4 Å². The third-order valence-corrected chi connectivity index (χ3v) is 3.44. The van der Waals surface area contributed by atoms with Crippen LogP contribution in [0, 0.1) is 13.8 Å². The lowest BCUT2D eigenvalue weighted by Gasteiger charge is -2.11. The van der Waals surface area contributed by atoms with Crippen LogP contribution in [0.2, 0.25) is 0 Å². The van der Waals surface area contributed by atoms with Gasteiger partial charge in [0.25, 0.3) is 5.91 Å². The molecular weight excluding hydrogens is 264 g/mol. The van der Waals surface area contributed by atoms with Crippen LogP contribution in [0.3, 0.4) is 0 Å². The second kappa shape index (κ2) is 6.79. The van der Waals surface area contributed by atoms with E-state index in [0.717, 1.165) is 12.2 Å². The van der Waals surface area contributed by atoms with E-state index in [1.54, 1.807) is 0 Å². The summed E-state index contributed by atoms with van der Waals surface area (Å²) in [6, 6.07) is 13.8. The van der Waals surface area contributed by atoms with Gasteiger partial charge in [0.15, 0.2) is 6.61 Å². The third-order valence-electron chi connectivity index (χ3n) is 3.44. The highest BCUT2D eigenvalue weighted by molar-refractivity contribution is 5.75. The molecule has 110 valence electrons. The first kappa shape index (κ1) is 14.9. The third kappa shape index (κ3) is 4.24. The number of carbonyl (C=O) groups is 1. The molecule has 0 saturated heterocycles. The smallest absolute Gasteiger partial charge is 0.255 e. The summed E-state index contributed by atoms with van der Waals surface area (Å²) < 4.78 is 5.22. The molecule has 4 heteroatoms. The molecule has 0 bridgehead atoms. The monoisotopic (exact) mass is 284 g/mol. The highest BCUT2D eigenvalue weighted by Gasteiger charge is 2.01. The summed E-state index contributed by atoms with van der Waals surface area (Å²) in [6.45, 7) is 4.92. The molecule has 0 atom stereocenters. The molecular formula is C17H20N2O2. The van der Waals surface area contributed by atoms with Gasteiger partial charge in [-0.15, -0.1) is 0 Å². The molecule has 0 heterocycles. The molecule has 0 aliphatic heterocycles. The molecule has 0 aromatic heterocycles. The number of aryl methyl sites for hydroxylation is 1. The van der Waals surface area contributed by atoms with Gasteiger partial charge in [-0.25, -0.2) is 0 Å². The number of benzene rings is 2.